The topological polar surface area (TPSA) is 56.7 Å². The Hall–Kier alpha value is -2.30. The highest BCUT2D eigenvalue weighted by molar-refractivity contribution is 5.82. The number of amides is 1. The first-order chi connectivity index (χ1) is 12.6. The first-order valence-corrected chi connectivity index (χ1v) is 9.71. The lowest BCUT2D eigenvalue weighted by Gasteiger charge is -2.30. The lowest BCUT2D eigenvalue weighted by atomic mass is 10.00. The van der Waals surface area contributed by atoms with Gasteiger partial charge in [-0.05, 0) is 37.8 Å². The zero-order chi connectivity index (χ0) is 18.8. The molecule has 26 heavy (non-hydrogen) atoms. The molecule has 0 aliphatic carbocycles. The van der Waals surface area contributed by atoms with E-state index in [2.05, 4.69) is 64.7 Å². The molecular formula is C21H32N4O. The molecule has 1 heterocycles. The predicted octanol–water partition coefficient (Wildman–Crippen LogP) is 3.05. The van der Waals surface area contributed by atoms with E-state index in [1.807, 2.05) is 13.0 Å². The molecule has 0 saturated heterocycles. The third-order valence-corrected chi connectivity index (χ3v) is 4.61. The fourth-order valence-electron chi connectivity index (χ4n) is 2.91. The molecular weight excluding hydrogens is 324 g/mol. The number of aliphatic imine (C=N–C) groups is 1. The minimum atomic E-state index is 0.0730. The van der Waals surface area contributed by atoms with Crippen molar-refractivity contribution in [3.8, 4) is 0 Å². The van der Waals surface area contributed by atoms with Gasteiger partial charge in [-0.25, -0.2) is 0 Å². The van der Waals surface area contributed by atoms with Gasteiger partial charge in [0.05, 0.1) is 6.54 Å². The Bertz CT molecular complexity index is 624. The number of hydrogen-bond donors (Lipinski definition) is 2. The van der Waals surface area contributed by atoms with Crippen LogP contribution < -0.4 is 10.6 Å². The van der Waals surface area contributed by atoms with E-state index in [0.717, 1.165) is 38.4 Å². The highest BCUT2D eigenvalue weighted by Gasteiger charge is 2.16. The molecule has 1 unspecified atom stereocenters. The van der Waals surface area contributed by atoms with Crippen molar-refractivity contribution in [1.82, 2.24) is 15.5 Å². The third-order valence-electron chi connectivity index (χ3n) is 4.61. The molecule has 2 N–H and O–H groups in total. The first kappa shape index (κ1) is 20.0. The maximum absolute atomic E-state index is 11.9. The zero-order valence-electron chi connectivity index (χ0n) is 16.3. The summed E-state index contributed by atoms with van der Waals surface area (Å²) < 4.78 is 0. The Balaban J connectivity index is 1.91. The van der Waals surface area contributed by atoms with E-state index in [1.54, 1.807) is 0 Å². The molecule has 0 spiro atoms. The fourth-order valence-corrected chi connectivity index (χ4v) is 2.91. The molecule has 2 rings (SSSR count). The smallest absolute Gasteiger partial charge is 0.222 e. The molecule has 0 saturated carbocycles. The van der Waals surface area contributed by atoms with Crippen LogP contribution in [0.4, 0.5) is 0 Å². The summed E-state index contributed by atoms with van der Waals surface area (Å²) in [6, 6.07) is 10.8. The molecule has 5 heteroatoms. The molecule has 142 valence electrons. The molecule has 0 aromatic heterocycles. The van der Waals surface area contributed by atoms with Crippen molar-refractivity contribution >= 4 is 17.4 Å². The van der Waals surface area contributed by atoms with Crippen LogP contribution in [0.1, 0.15) is 45.6 Å². The van der Waals surface area contributed by atoms with Crippen LogP contribution in [0.2, 0.25) is 0 Å². The summed E-state index contributed by atoms with van der Waals surface area (Å²) in [5.41, 5.74) is 2.70. The number of nitrogens with one attached hydrogen (secondary N) is 2. The summed E-state index contributed by atoms with van der Waals surface area (Å²) in [6.45, 7) is 9.27. The number of nitrogens with zero attached hydrogens (tertiary/aromatic N) is 2. The number of rotatable bonds is 7. The van der Waals surface area contributed by atoms with E-state index in [9.17, 15) is 4.79 Å². The van der Waals surface area contributed by atoms with Crippen LogP contribution in [0.5, 0.6) is 0 Å². The quantitative estimate of drug-likeness (QED) is 0.583. The van der Waals surface area contributed by atoms with E-state index >= 15 is 0 Å². The average molecular weight is 357 g/mol. The molecule has 0 bridgehead atoms. The van der Waals surface area contributed by atoms with E-state index in [0.29, 0.717) is 13.0 Å². The van der Waals surface area contributed by atoms with Crippen LogP contribution in [0.25, 0.3) is 5.57 Å². The van der Waals surface area contributed by atoms with Crippen LogP contribution in [-0.2, 0) is 4.79 Å². The molecule has 1 amide bonds. The standard InChI is InChI=1S/C21H32N4O/c1-4-17(3)24-20(26)11-14-23-21(22-5-2)25-15-12-19(13-16-25)18-9-7-6-8-10-18/h6-10,12,17H,4-5,11,13-16H2,1-3H3,(H,22,23)(H,24,26). The Kier molecular flexibility index (Phi) is 8.19. The summed E-state index contributed by atoms with van der Waals surface area (Å²) in [5.74, 6) is 0.969. The van der Waals surface area contributed by atoms with Gasteiger partial charge in [0.15, 0.2) is 5.96 Å². The normalized spacial score (nSPS) is 16.0. The van der Waals surface area contributed by atoms with Crippen LogP contribution in [0.3, 0.4) is 0 Å². The van der Waals surface area contributed by atoms with Crippen molar-refractivity contribution in [2.24, 2.45) is 4.99 Å². The van der Waals surface area contributed by atoms with Gasteiger partial charge in [-0.2, -0.15) is 0 Å². The number of guanidine groups is 1. The summed E-state index contributed by atoms with van der Waals surface area (Å²) in [5, 5.41) is 6.33. The zero-order valence-corrected chi connectivity index (χ0v) is 16.3. The Morgan fingerprint density at radius 2 is 2.04 bits per heavy atom. The van der Waals surface area contributed by atoms with E-state index in [-0.39, 0.29) is 11.9 Å². The van der Waals surface area contributed by atoms with Gasteiger partial charge in [0.25, 0.3) is 0 Å². The van der Waals surface area contributed by atoms with Crippen molar-refractivity contribution in [3.05, 3.63) is 42.0 Å². The van der Waals surface area contributed by atoms with Gasteiger partial charge in [-0.1, -0.05) is 43.3 Å². The van der Waals surface area contributed by atoms with Gasteiger partial charge in [-0.15, -0.1) is 0 Å². The monoisotopic (exact) mass is 356 g/mol. The largest absolute Gasteiger partial charge is 0.357 e. The Labute approximate surface area is 157 Å². The second-order valence-electron chi connectivity index (χ2n) is 6.65. The van der Waals surface area contributed by atoms with Crippen LogP contribution in [0, 0.1) is 0 Å². The molecule has 0 fully saturated rings. The van der Waals surface area contributed by atoms with Gasteiger partial charge in [0.2, 0.25) is 5.91 Å². The SMILES string of the molecule is CCNC(=NCCC(=O)NC(C)CC)N1CC=C(c2ccccc2)CC1. The molecule has 0 radical (unpaired) electrons. The molecule has 1 aromatic carbocycles. The van der Waals surface area contributed by atoms with Gasteiger partial charge in [-0.3, -0.25) is 9.79 Å². The summed E-state index contributed by atoms with van der Waals surface area (Å²) >= 11 is 0. The Morgan fingerprint density at radius 3 is 2.65 bits per heavy atom. The number of benzene rings is 1. The lowest BCUT2D eigenvalue weighted by Crippen LogP contribution is -2.43. The minimum Gasteiger partial charge on any atom is -0.357 e. The predicted molar refractivity (Wildman–Crippen MR) is 109 cm³/mol. The average Bonchev–Trinajstić information content (AvgIpc) is 2.68. The van der Waals surface area contributed by atoms with E-state index in [4.69, 9.17) is 0 Å². The summed E-state index contributed by atoms with van der Waals surface area (Å²) in [4.78, 5) is 18.8. The van der Waals surface area contributed by atoms with Crippen LogP contribution >= 0.6 is 0 Å². The van der Waals surface area contributed by atoms with E-state index < -0.39 is 0 Å². The third kappa shape index (κ3) is 6.21. The molecule has 1 aliphatic heterocycles. The van der Waals surface area contributed by atoms with Crippen molar-refractivity contribution < 1.29 is 4.79 Å². The highest BCUT2D eigenvalue weighted by atomic mass is 16.1. The molecule has 5 nitrogen and oxygen atoms in total. The van der Waals surface area contributed by atoms with Gasteiger partial charge < -0.3 is 15.5 Å². The highest BCUT2D eigenvalue weighted by Crippen LogP contribution is 2.21. The van der Waals surface area contributed by atoms with E-state index in [1.165, 1.54) is 11.1 Å². The van der Waals surface area contributed by atoms with Crippen molar-refractivity contribution in [2.45, 2.75) is 46.1 Å². The van der Waals surface area contributed by atoms with Crippen LogP contribution in [0.15, 0.2) is 41.4 Å². The minimum absolute atomic E-state index is 0.0730. The molecule has 1 aromatic rings. The van der Waals surface area contributed by atoms with Crippen molar-refractivity contribution in [2.75, 3.05) is 26.2 Å². The number of carbonyl (C=O) groups excluding carboxylic acids is 1. The number of hydrogen-bond acceptors (Lipinski definition) is 2. The van der Waals surface area contributed by atoms with Crippen LogP contribution in [-0.4, -0.2) is 49.0 Å². The van der Waals surface area contributed by atoms with Crippen molar-refractivity contribution in [1.29, 1.82) is 0 Å². The summed E-state index contributed by atoms with van der Waals surface area (Å²) in [6.07, 6.45) is 4.66. The summed E-state index contributed by atoms with van der Waals surface area (Å²) in [7, 11) is 0. The Morgan fingerprint density at radius 1 is 1.27 bits per heavy atom. The van der Waals surface area contributed by atoms with Gasteiger partial charge in [0.1, 0.15) is 0 Å². The van der Waals surface area contributed by atoms with Crippen molar-refractivity contribution in [3.63, 3.8) is 0 Å². The van der Waals surface area contributed by atoms with Gasteiger partial charge in [0, 0.05) is 32.1 Å². The molecule has 1 aliphatic rings. The van der Waals surface area contributed by atoms with Gasteiger partial charge >= 0.3 is 0 Å². The number of carbonyl (C=O) groups is 1. The maximum atomic E-state index is 11.9. The second-order valence-corrected chi connectivity index (χ2v) is 6.65. The second kappa shape index (κ2) is 10.6. The molecule has 1 atom stereocenters. The lowest BCUT2D eigenvalue weighted by molar-refractivity contribution is -0.121. The first-order valence-electron chi connectivity index (χ1n) is 9.71. The maximum Gasteiger partial charge on any atom is 0.222 e. The fraction of sp³-hybridized carbons (Fsp3) is 0.524.